The summed E-state index contributed by atoms with van der Waals surface area (Å²) in [6, 6.07) is 8.88. The van der Waals surface area contributed by atoms with Gasteiger partial charge in [-0.15, -0.1) is 0 Å². The molecule has 1 aromatic heterocycles. The number of para-hydroxylation sites is 1. The highest BCUT2D eigenvalue weighted by Gasteiger charge is 2.47. The van der Waals surface area contributed by atoms with E-state index >= 15 is 0 Å². The van der Waals surface area contributed by atoms with Crippen LogP contribution in [0.1, 0.15) is 11.3 Å². The van der Waals surface area contributed by atoms with Crippen molar-refractivity contribution in [3.8, 4) is 5.75 Å². The lowest BCUT2D eigenvalue weighted by molar-refractivity contribution is -0.141. The SMILES string of the molecule is FC(F)(F)c1cc(N2CC3(COc4ccccc4C3)C2)ncn1. The maximum atomic E-state index is 12.7. The van der Waals surface area contributed by atoms with Crippen LogP contribution < -0.4 is 9.64 Å². The average Bonchev–Trinajstić information content (AvgIpc) is 2.51. The van der Waals surface area contributed by atoms with Gasteiger partial charge in [0, 0.05) is 24.6 Å². The number of fused-ring (bicyclic) bond motifs is 1. The van der Waals surface area contributed by atoms with Crippen molar-refractivity contribution in [3.05, 3.63) is 47.9 Å². The third-order valence-electron chi connectivity index (χ3n) is 4.39. The van der Waals surface area contributed by atoms with E-state index in [0.717, 1.165) is 30.1 Å². The molecule has 2 aromatic rings. The van der Waals surface area contributed by atoms with Gasteiger partial charge < -0.3 is 9.64 Å². The van der Waals surface area contributed by atoms with Crippen LogP contribution >= 0.6 is 0 Å². The molecule has 7 heteroatoms. The van der Waals surface area contributed by atoms with Crippen LogP contribution in [0.25, 0.3) is 0 Å². The first-order valence-electron chi connectivity index (χ1n) is 7.30. The minimum atomic E-state index is -4.45. The number of benzene rings is 1. The number of anilines is 1. The molecular formula is C16H14F3N3O. The molecule has 0 N–H and O–H groups in total. The van der Waals surface area contributed by atoms with Crippen molar-refractivity contribution in [1.29, 1.82) is 0 Å². The van der Waals surface area contributed by atoms with Gasteiger partial charge in [-0.3, -0.25) is 0 Å². The molecule has 1 fully saturated rings. The van der Waals surface area contributed by atoms with E-state index < -0.39 is 11.9 Å². The summed E-state index contributed by atoms with van der Waals surface area (Å²) in [5.74, 6) is 1.22. The molecule has 2 aliphatic heterocycles. The van der Waals surface area contributed by atoms with E-state index in [4.69, 9.17) is 4.74 Å². The predicted octanol–water partition coefficient (Wildman–Crippen LogP) is 2.94. The lowest BCUT2D eigenvalue weighted by atomic mass is 9.74. The van der Waals surface area contributed by atoms with Crippen LogP contribution in [0, 0.1) is 5.41 Å². The topological polar surface area (TPSA) is 38.2 Å². The van der Waals surface area contributed by atoms with Crippen LogP contribution in [0.5, 0.6) is 5.75 Å². The summed E-state index contributed by atoms with van der Waals surface area (Å²) >= 11 is 0. The van der Waals surface area contributed by atoms with Crippen LogP contribution in [0.4, 0.5) is 19.0 Å². The van der Waals surface area contributed by atoms with Crippen molar-refractivity contribution in [2.45, 2.75) is 12.6 Å². The summed E-state index contributed by atoms with van der Waals surface area (Å²) in [4.78, 5) is 9.11. The minimum absolute atomic E-state index is 0.0439. The van der Waals surface area contributed by atoms with Gasteiger partial charge in [-0.05, 0) is 18.1 Å². The Balaban J connectivity index is 1.50. The zero-order valence-electron chi connectivity index (χ0n) is 12.2. The summed E-state index contributed by atoms with van der Waals surface area (Å²) in [5, 5.41) is 0. The minimum Gasteiger partial charge on any atom is -0.493 e. The molecule has 0 radical (unpaired) electrons. The third kappa shape index (κ3) is 2.50. The molecule has 0 saturated carbocycles. The fraction of sp³-hybridized carbons (Fsp3) is 0.375. The van der Waals surface area contributed by atoms with Crippen LogP contribution in [0.2, 0.25) is 0 Å². The van der Waals surface area contributed by atoms with E-state index in [1.165, 1.54) is 0 Å². The number of nitrogens with zero attached hydrogens (tertiary/aromatic N) is 3. The third-order valence-corrected chi connectivity index (χ3v) is 4.39. The van der Waals surface area contributed by atoms with Crippen molar-refractivity contribution in [2.75, 3.05) is 24.6 Å². The largest absolute Gasteiger partial charge is 0.493 e. The van der Waals surface area contributed by atoms with Crippen molar-refractivity contribution in [1.82, 2.24) is 9.97 Å². The highest BCUT2D eigenvalue weighted by atomic mass is 19.4. The lowest BCUT2D eigenvalue weighted by Gasteiger charge is -2.52. The molecule has 120 valence electrons. The molecule has 4 nitrogen and oxygen atoms in total. The number of rotatable bonds is 1. The molecule has 1 spiro atoms. The van der Waals surface area contributed by atoms with E-state index in [9.17, 15) is 13.2 Å². The standard InChI is InChI=1S/C16H14F3N3O/c17-16(18,19)13-5-14(21-10-20-13)22-7-15(8-22)6-11-3-1-2-4-12(11)23-9-15/h1-5,10H,6-9H2. The van der Waals surface area contributed by atoms with Gasteiger partial charge in [-0.1, -0.05) is 18.2 Å². The molecule has 1 aromatic carbocycles. The van der Waals surface area contributed by atoms with Gasteiger partial charge in [-0.2, -0.15) is 13.2 Å². The van der Waals surface area contributed by atoms with Gasteiger partial charge in [0.1, 0.15) is 23.6 Å². The van der Waals surface area contributed by atoms with Gasteiger partial charge in [-0.25, -0.2) is 9.97 Å². The van der Waals surface area contributed by atoms with Crippen molar-refractivity contribution < 1.29 is 17.9 Å². The highest BCUT2D eigenvalue weighted by molar-refractivity contribution is 5.46. The predicted molar refractivity (Wildman–Crippen MR) is 77.3 cm³/mol. The maximum Gasteiger partial charge on any atom is 0.433 e. The maximum absolute atomic E-state index is 12.7. The Labute approximate surface area is 130 Å². The Hall–Kier alpha value is -2.31. The molecule has 0 atom stereocenters. The van der Waals surface area contributed by atoms with Gasteiger partial charge in [0.15, 0.2) is 0 Å². The summed E-state index contributed by atoms with van der Waals surface area (Å²) < 4.78 is 44.0. The van der Waals surface area contributed by atoms with Gasteiger partial charge in [0.25, 0.3) is 0 Å². The average molecular weight is 321 g/mol. The summed E-state index contributed by atoms with van der Waals surface area (Å²) in [7, 11) is 0. The Morgan fingerprint density at radius 1 is 1.13 bits per heavy atom. The molecule has 1 saturated heterocycles. The lowest BCUT2D eigenvalue weighted by Crippen LogP contribution is -2.61. The normalized spacial score (nSPS) is 19.0. The Morgan fingerprint density at radius 2 is 1.91 bits per heavy atom. The smallest absolute Gasteiger partial charge is 0.433 e. The van der Waals surface area contributed by atoms with Crippen LogP contribution in [-0.2, 0) is 12.6 Å². The number of hydrogen-bond donors (Lipinski definition) is 0. The second-order valence-corrected chi connectivity index (χ2v) is 6.19. The van der Waals surface area contributed by atoms with Crippen LogP contribution in [-0.4, -0.2) is 29.7 Å². The molecule has 23 heavy (non-hydrogen) atoms. The summed E-state index contributed by atoms with van der Waals surface area (Å²) in [5.41, 5.74) is 0.197. The van der Waals surface area contributed by atoms with E-state index in [-0.39, 0.29) is 5.41 Å². The first-order chi connectivity index (χ1) is 11.0. The molecular weight excluding hydrogens is 307 g/mol. The van der Waals surface area contributed by atoms with Gasteiger partial charge in [0.2, 0.25) is 0 Å². The Kier molecular flexibility index (Phi) is 3.01. The van der Waals surface area contributed by atoms with Gasteiger partial charge >= 0.3 is 6.18 Å². The van der Waals surface area contributed by atoms with E-state index in [1.54, 1.807) is 0 Å². The molecule has 3 heterocycles. The van der Waals surface area contributed by atoms with Crippen LogP contribution in [0.15, 0.2) is 36.7 Å². The number of halogens is 3. The second kappa shape index (κ2) is 4.84. The van der Waals surface area contributed by atoms with Gasteiger partial charge in [0.05, 0.1) is 6.61 Å². The molecule has 2 aliphatic rings. The first-order valence-corrected chi connectivity index (χ1v) is 7.30. The van der Waals surface area contributed by atoms with Crippen molar-refractivity contribution in [3.63, 3.8) is 0 Å². The highest BCUT2D eigenvalue weighted by Crippen LogP contribution is 2.42. The molecule has 0 aliphatic carbocycles. The molecule has 0 unspecified atom stereocenters. The Bertz CT molecular complexity index is 741. The molecule has 4 rings (SSSR count). The zero-order chi connectivity index (χ0) is 16.1. The van der Waals surface area contributed by atoms with Crippen molar-refractivity contribution >= 4 is 5.82 Å². The number of hydrogen-bond acceptors (Lipinski definition) is 4. The first kappa shape index (κ1) is 14.3. The second-order valence-electron chi connectivity index (χ2n) is 6.19. The monoisotopic (exact) mass is 321 g/mol. The number of ether oxygens (including phenoxy) is 1. The van der Waals surface area contributed by atoms with E-state index in [1.807, 2.05) is 29.2 Å². The van der Waals surface area contributed by atoms with Crippen molar-refractivity contribution in [2.24, 2.45) is 5.41 Å². The number of aromatic nitrogens is 2. The Morgan fingerprint density at radius 3 is 2.70 bits per heavy atom. The van der Waals surface area contributed by atoms with Crippen LogP contribution in [0.3, 0.4) is 0 Å². The van der Waals surface area contributed by atoms with E-state index in [0.29, 0.717) is 25.5 Å². The zero-order valence-corrected chi connectivity index (χ0v) is 12.2. The van der Waals surface area contributed by atoms with E-state index in [2.05, 4.69) is 9.97 Å². The summed E-state index contributed by atoms with van der Waals surface area (Å²) in [6.45, 7) is 1.85. The molecule has 0 amide bonds. The summed E-state index contributed by atoms with van der Waals surface area (Å²) in [6.07, 6.45) is -2.61. The fourth-order valence-corrected chi connectivity index (χ4v) is 3.28. The molecule has 0 bridgehead atoms. The fourth-order valence-electron chi connectivity index (χ4n) is 3.28. The number of alkyl halides is 3. The quantitative estimate of drug-likeness (QED) is 0.809.